The number of anilines is 3. The second kappa shape index (κ2) is 16.4. The number of nitrogens with two attached hydrogens (primary N) is 1. The molecule has 8 rings (SSSR count). The molecule has 6 amide bonds. The highest BCUT2D eigenvalue weighted by atomic mass is 16.2. The van der Waals surface area contributed by atoms with E-state index < -0.39 is 11.9 Å². The number of carbonyl (C=O) groups is 5. The van der Waals surface area contributed by atoms with Crippen molar-refractivity contribution in [3.8, 4) is 0 Å². The third-order valence-corrected chi connectivity index (χ3v) is 13.1. The van der Waals surface area contributed by atoms with Crippen molar-refractivity contribution in [2.45, 2.75) is 88.8 Å². The smallest absolute Gasteiger partial charge is 0.320 e. The van der Waals surface area contributed by atoms with E-state index in [1.54, 1.807) is 16.0 Å². The Bertz CT molecular complexity index is 2090. The SMILES string of the molecule is CN1CCN([C@@H]2CCCN(c3cnc(C(N)=O)c(Nc4ccc(C5(C)CCN(CCCCc6cccc7c6CN(C6CCC(=O)NC6=O)C7=O)CC5)cc4)n3)C2)C1=O.[HH]. The topological polar surface area (TPSA) is 177 Å². The second-order valence-electron chi connectivity index (χ2n) is 16.8. The summed E-state index contributed by atoms with van der Waals surface area (Å²) < 4.78 is 0. The number of fused-ring (bicyclic) bond motifs is 1. The van der Waals surface area contributed by atoms with Crippen LogP contribution in [-0.2, 0) is 28.0 Å². The van der Waals surface area contributed by atoms with Gasteiger partial charge in [-0.2, -0.15) is 0 Å². The Morgan fingerprint density at radius 2 is 1.78 bits per heavy atom. The number of unbranched alkanes of at least 4 members (excludes halogenated alkanes) is 1. The molecule has 5 aliphatic heterocycles. The Balaban J connectivity index is 0.00000528. The van der Waals surface area contributed by atoms with E-state index >= 15 is 0 Å². The highest BCUT2D eigenvalue weighted by Gasteiger charge is 2.40. The molecule has 0 bridgehead atoms. The number of piperidine rings is 3. The molecular formula is C43H56N10O5. The summed E-state index contributed by atoms with van der Waals surface area (Å²) in [5, 5.41) is 5.70. The van der Waals surface area contributed by atoms with Crippen LogP contribution in [-0.4, -0.2) is 124 Å². The van der Waals surface area contributed by atoms with Crippen LogP contribution < -0.4 is 21.3 Å². The molecule has 308 valence electrons. The van der Waals surface area contributed by atoms with Crippen LogP contribution in [0.1, 0.15) is 97.3 Å². The van der Waals surface area contributed by atoms with Crippen molar-refractivity contribution >= 4 is 47.0 Å². The Hall–Kier alpha value is -5.57. The zero-order valence-corrected chi connectivity index (χ0v) is 33.5. The van der Waals surface area contributed by atoms with E-state index in [1.807, 2.05) is 36.2 Å². The van der Waals surface area contributed by atoms with Gasteiger partial charge in [-0.25, -0.2) is 14.8 Å². The lowest BCUT2D eigenvalue weighted by molar-refractivity contribution is -0.136. The van der Waals surface area contributed by atoms with Gasteiger partial charge in [0.15, 0.2) is 11.5 Å². The van der Waals surface area contributed by atoms with Crippen LogP contribution in [0.25, 0.3) is 0 Å². The normalized spacial score (nSPS) is 22.4. The summed E-state index contributed by atoms with van der Waals surface area (Å²) in [6, 6.07) is 13.8. The number of nitrogens with zero attached hydrogens (tertiary/aromatic N) is 7. The van der Waals surface area contributed by atoms with E-state index in [0.29, 0.717) is 36.7 Å². The highest BCUT2D eigenvalue weighted by Crippen LogP contribution is 2.37. The minimum atomic E-state index is -0.655. The maximum Gasteiger partial charge on any atom is 0.320 e. The van der Waals surface area contributed by atoms with E-state index in [1.165, 1.54) is 5.56 Å². The number of benzene rings is 2. The van der Waals surface area contributed by atoms with E-state index in [-0.39, 0.29) is 48.8 Å². The van der Waals surface area contributed by atoms with Gasteiger partial charge < -0.3 is 35.6 Å². The number of nitrogens with one attached hydrogen (secondary N) is 2. The van der Waals surface area contributed by atoms with Gasteiger partial charge in [0.25, 0.3) is 11.8 Å². The molecule has 4 saturated heterocycles. The van der Waals surface area contributed by atoms with Gasteiger partial charge in [0.1, 0.15) is 11.9 Å². The summed E-state index contributed by atoms with van der Waals surface area (Å²) in [4.78, 5) is 81.7. The van der Waals surface area contributed by atoms with Crippen molar-refractivity contribution in [2.24, 2.45) is 5.73 Å². The first-order chi connectivity index (χ1) is 28.0. The summed E-state index contributed by atoms with van der Waals surface area (Å²) >= 11 is 0. The van der Waals surface area contributed by atoms with Gasteiger partial charge in [-0.1, -0.05) is 31.2 Å². The number of primary amides is 1. The highest BCUT2D eigenvalue weighted by molar-refractivity contribution is 6.05. The molecule has 2 aromatic carbocycles. The minimum Gasteiger partial charge on any atom is -0.364 e. The predicted molar refractivity (Wildman–Crippen MR) is 221 cm³/mol. The molecule has 1 aromatic heterocycles. The van der Waals surface area contributed by atoms with Crippen LogP contribution in [0.3, 0.4) is 0 Å². The standard InChI is InChI=1S/C43H54N10O5.H2/c1-43(17-21-50(22-18-43)19-4-3-7-28-8-5-10-32-33(28)27-53(41(32)57)34-15-16-36(54)48-40(34)56)29-11-13-30(14-12-29)46-39-37(38(44)55)45-25-35(47-39)51-20-6-9-31(26-51)52-24-23-49(2)42(52)58;/h5,8,10-14,25,31,34H,3-4,6-7,9,15-24,26-27H2,1-2H3,(H2,44,55)(H,46,47)(H,48,54,56);1H/t31-,34?;/m1./s1. The molecule has 3 aromatic rings. The van der Waals surface area contributed by atoms with Crippen LogP contribution in [0.5, 0.6) is 0 Å². The van der Waals surface area contributed by atoms with Gasteiger partial charge in [0.2, 0.25) is 11.8 Å². The number of rotatable bonds is 12. The first-order valence-electron chi connectivity index (χ1n) is 20.8. The number of amides is 6. The fourth-order valence-electron chi connectivity index (χ4n) is 9.41. The number of aryl methyl sites for hydroxylation is 1. The average molecular weight is 793 g/mol. The molecule has 1 unspecified atom stereocenters. The lowest BCUT2D eigenvalue weighted by Crippen LogP contribution is -2.52. The number of hydrogen-bond donors (Lipinski definition) is 3. The maximum atomic E-state index is 13.2. The molecule has 0 aliphatic carbocycles. The summed E-state index contributed by atoms with van der Waals surface area (Å²) in [5.41, 5.74) is 10.8. The van der Waals surface area contributed by atoms with E-state index in [4.69, 9.17) is 10.7 Å². The molecule has 6 heterocycles. The number of likely N-dealkylation sites (tertiary alicyclic amines) is 1. The van der Waals surface area contributed by atoms with Gasteiger partial charge >= 0.3 is 6.03 Å². The first kappa shape index (κ1) is 39.3. The number of urea groups is 1. The number of hydrogen-bond acceptors (Lipinski definition) is 10. The Morgan fingerprint density at radius 1 is 0.983 bits per heavy atom. The zero-order valence-electron chi connectivity index (χ0n) is 33.5. The van der Waals surface area contributed by atoms with Crippen molar-refractivity contribution < 1.29 is 25.4 Å². The quantitative estimate of drug-likeness (QED) is 0.179. The fraction of sp³-hybridized carbons (Fsp3) is 0.512. The van der Waals surface area contributed by atoms with Crippen LogP contribution in [0.15, 0.2) is 48.7 Å². The zero-order chi connectivity index (χ0) is 40.6. The Morgan fingerprint density at radius 3 is 2.50 bits per heavy atom. The number of imide groups is 1. The van der Waals surface area contributed by atoms with Crippen molar-refractivity contribution in [3.05, 3.63) is 76.6 Å². The van der Waals surface area contributed by atoms with Gasteiger partial charge in [0.05, 0.1) is 12.2 Å². The Labute approximate surface area is 340 Å². The largest absolute Gasteiger partial charge is 0.364 e. The molecule has 0 spiro atoms. The van der Waals surface area contributed by atoms with Crippen molar-refractivity contribution in [1.82, 2.24) is 34.9 Å². The van der Waals surface area contributed by atoms with Crippen molar-refractivity contribution in [3.63, 3.8) is 0 Å². The van der Waals surface area contributed by atoms with Crippen LogP contribution in [0, 0.1) is 0 Å². The number of carbonyl (C=O) groups excluding carboxylic acids is 5. The fourth-order valence-corrected chi connectivity index (χ4v) is 9.41. The van der Waals surface area contributed by atoms with Crippen molar-refractivity contribution in [1.29, 1.82) is 0 Å². The lowest BCUT2D eigenvalue weighted by Gasteiger charge is -2.40. The molecule has 58 heavy (non-hydrogen) atoms. The first-order valence-corrected chi connectivity index (χ1v) is 20.8. The van der Waals surface area contributed by atoms with Crippen LogP contribution in [0.4, 0.5) is 22.1 Å². The summed E-state index contributed by atoms with van der Waals surface area (Å²) in [7, 11) is 1.84. The Kier molecular flexibility index (Phi) is 11.1. The second-order valence-corrected chi connectivity index (χ2v) is 16.8. The van der Waals surface area contributed by atoms with Crippen molar-refractivity contribution in [2.75, 3.05) is 63.1 Å². The predicted octanol–water partition coefficient (Wildman–Crippen LogP) is 4.04. The van der Waals surface area contributed by atoms with Crippen LogP contribution >= 0.6 is 0 Å². The summed E-state index contributed by atoms with van der Waals surface area (Å²) in [5.74, 6) is -0.482. The summed E-state index contributed by atoms with van der Waals surface area (Å²) in [6.07, 6.45) is 9.09. The van der Waals surface area contributed by atoms with E-state index in [0.717, 1.165) is 101 Å². The molecule has 0 radical (unpaired) electrons. The monoisotopic (exact) mass is 792 g/mol. The molecular weight excluding hydrogens is 737 g/mol. The molecule has 2 atom stereocenters. The van der Waals surface area contributed by atoms with E-state index in [9.17, 15) is 24.0 Å². The maximum absolute atomic E-state index is 13.2. The molecule has 0 saturated carbocycles. The molecule has 4 fully saturated rings. The van der Waals surface area contributed by atoms with E-state index in [2.05, 4.69) is 50.5 Å². The summed E-state index contributed by atoms with van der Waals surface area (Å²) in [6.45, 7) is 8.68. The minimum absolute atomic E-state index is 0. The third kappa shape index (κ3) is 7.96. The molecule has 5 aliphatic rings. The van der Waals surface area contributed by atoms with Crippen LogP contribution in [0.2, 0.25) is 0 Å². The number of likely N-dealkylation sites (N-methyl/N-ethyl adjacent to an activating group) is 1. The molecule has 4 N–H and O–H groups in total. The molecule has 15 nitrogen and oxygen atoms in total. The van der Waals surface area contributed by atoms with Gasteiger partial charge in [0, 0.05) is 58.9 Å². The van der Waals surface area contributed by atoms with Gasteiger partial charge in [-0.3, -0.25) is 24.5 Å². The lowest BCUT2D eigenvalue weighted by atomic mass is 9.74. The number of aromatic nitrogens is 2. The van der Waals surface area contributed by atoms with Gasteiger partial charge in [-0.15, -0.1) is 0 Å². The third-order valence-electron chi connectivity index (χ3n) is 13.1. The van der Waals surface area contributed by atoms with Gasteiger partial charge in [-0.05, 0) is 111 Å². The average Bonchev–Trinajstić information content (AvgIpc) is 3.74. The molecule has 15 heteroatoms.